The highest BCUT2D eigenvalue weighted by Crippen LogP contribution is 2.30. The van der Waals surface area contributed by atoms with Gasteiger partial charge in [0.2, 0.25) is 0 Å². The number of rotatable bonds is 3. The molecule has 1 aromatic rings. The second kappa shape index (κ2) is 4.88. The third kappa shape index (κ3) is 2.18. The molecule has 0 fully saturated rings. The summed E-state index contributed by atoms with van der Waals surface area (Å²) in [6.45, 7) is 1.96. The molecular weight excluding hydrogens is 198 g/mol. The van der Waals surface area contributed by atoms with Crippen LogP contribution in [0.5, 0.6) is 5.75 Å². The number of hydrogen-bond donors (Lipinski definition) is 0. The van der Waals surface area contributed by atoms with E-state index in [9.17, 15) is 0 Å². The average Bonchev–Trinajstić information content (AvgIpc) is 2.19. The molecule has 0 saturated carbocycles. The van der Waals surface area contributed by atoms with Crippen molar-refractivity contribution in [3.8, 4) is 11.8 Å². The van der Waals surface area contributed by atoms with Crippen LogP contribution in [0.25, 0.3) is 0 Å². The minimum absolute atomic E-state index is 0.458. The molecule has 1 rings (SSSR count). The Morgan fingerprint density at radius 3 is 2.79 bits per heavy atom. The van der Waals surface area contributed by atoms with Crippen molar-refractivity contribution in [3.05, 3.63) is 28.3 Å². The Hall–Kier alpha value is -1.20. The second-order valence-corrected chi connectivity index (χ2v) is 3.44. The van der Waals surface area contributed by atoms with Crippen LogP contribution in [0.15, 0.2) is 12.1 Å². The molecule has 0 aliphatic carbocycles. The van der Waals surface area contributed by atoms with Crippen molar-refractivity contribution in [2.45, 2.75) is 19.8 Å². The van der Waals surface area contributed by atoms with Crippen LogP contribution in [-0.4, -0.2) is 7.11 Å². The lowest BCUT2D eigenvalue weighted by Crippen LogP contribution is -1.95. The predicted molar refractivity (Wildman–Crippen MR) is 56.7 cm³/mol. The van der Waals surface area contributed by atoms with Gasteiger partial charge >= 0.3 is 0 Å². The maximum atomic E-state index is 8.52. The van der Waals surface area contributed by atoms with Crippen molar-refractivity contribution in [2.75, 3.05) is 7.11 Å². The number of nitrogens with zero attached hydrogens (tertiary/aromatic N) is 1. The third-order valence-electron chi connectivity index (χ3n) is 2.09. The van der Waals surface area contributed by atoms with Gasteiger partial charge in [-0.25, -0.2) is 0 Å². The summed E-state index contributed by atoms with van der Waals surface area (Å²) in [6, 6.07) is 5.85. The number of nitriles is 1. The van der Waals surface area contributed by atoms with Gasteiger partial charge in [-0.3, -0.25) is 0 Å². The first-order valence-corrected chi connectivity index (χ1v) is 4.77. The van der Waals surface area contributed by atoms with Crippen LogP contribution in [0.3, 0.4) is 0 Å². The van der Waals surface area contributed by atoms with E-state index in [1.807, 2.05) is 19.1 Å². The third-order valence-corrected chi connectivity index (χ3v) is 2.45. The number of halogens is 1. The topological polar surface area (TPSA) is 33.0 Å². The molecule has 3 heteroatoms. The van der Waals surface area contributed by atoms with Crippen LogP contribution >= 0.6 is 11.6 Å². The molecule has 2 nitrogen and oxygen atoms in total. The monoisotopic (exact) mass is 209 g/mol. The van der Waals surface area contributed by atoms with Gasteiger partial charge in [-0.05, 0) is 25.0 Å². The zero-order valence-electron chi connectivity index (χ0n) is 8.30. The zero-order chi connectivity index (χ0) is 10.6. The fourth-order valence-corrected chi connectivity index (χ4v) is 1.66. The van der Waals surface area contributed by atoms with E-state index < -0.39 is 0 Å². The molecule has 0 heterocycles. The first-order valence-electron chi connectivity index (χ1n) is 4.39. The Morgan fingerprint density at radius 2 is 2.21 bits per heavy atom. The van der Waals surface area contributed by atoms with Crippen molar-refractivity contribution in [2.24, 2.45) is 0 Å². The molecule has 0 spiro atoms. The molecule has 0 aliphatic rings. The Bertz CT molecular complexity index is 368. The van der Waals surface area contributed by atoms with Crippen molar-refractivity contribution in [1.29, 1.82) is 5.26 Å². The largest absolute Gasteiger partial charge is 0.496 e. The predicted octanol–water partition coefficient (Wildman–Crippen LogP) is 3.11. The van der Waals surface area contributed by atoms with Crippen molar-refractivity contribution in [3.63, 3.8) is 0 Å². The van der Waals surface area contributed by atoms with E-state index in [0.717, 1.165) is 16.9 Å². The van der Waals surface area contributed by atoms with Gasteiger partial charge in [0, 0.05) is 17.0 Å². The second-order valence-electron chi connectivity index (χ2n) is 3.03. The zero-order valence-corrected chi connectivity index (χ0v) is 9.06. The number of aryl methyl sites for hydroxylation is 1. The molecule has 0 saturated heterocycles. The highest BCUT2D eigenvalue weighted by molar-refractivity contribution is 6.31. The normalized spacial score (nSPS) is 9.57. The number of benzene rings is 1. The average molecular weight is 210 g/mol. The Kier molecular flexibility index (Phi) is 3.79. The van der Waals surface area contributed by atoms with Crippen LogP contribution in [0.4, 0.5) is 0 Å². The summed E-state index contributed by atoms with van der Waals surface area (Å²) in [5.41, 5.74) is 1.97. The maximum absolute atomic E-state index is 8.52. The van der Waals surface area contributed by atoms with Gasteiger partial charge < -0.3 is 4.74 Å². The first kappa shape index (κ1) is 10.9. The lowest BCUT2D eigenvalue weighted by Gasteiger charge is -2.11. The quantitative estimate of drug-likeness (QED) is 0.767. The Labute approximate surface area is 89.1 Å². The molecule has 74 valence electrons. The van der Waals surface area contributed by atoms with E-state index in [2.05, 4.69) is 6.07 Å². The van der Waals surface area contributed by atoms with Crippen molar-refractivity contribution < 1.29 is 4.74 Å². The summed E-state index contributed by atoms with van der Waals surface area (Å²) in [4.78, 5) is 0. The van der Waals surface area contributed by atoms with Gasteiger partial charge in [0.25, 0.3) is 0 Å². The van der Waals surface area contributed by atoms with Crippen LogP contribution in [0, 0.1) is 18.3 Å². The van der Waals surface area contributed by atoms with Gasteiger partial charge in [0.15, 0.2) is 0 Å². The summed E-state index contributed by atoms with van der Waals surface area (Å²) in [5, 5.41) is 9.19. The summed E-state index contributed by atoms with van der Waals surface area (Å²) < 4.78 is 5.26. The summed E-state index contributed by atoms with van der Waals surface area (Å²) in [6.07, 6.45) is 1.10. The smallest absolute Gasteiger partial charge is 0.126 e. The summed E-state index contributed by atoms with van der Waals surface area (Å²) >= 11 is 6.03. The molecule has 0 bridgehead atoms. The lowest BCUT2D eigenvalue weighted by atomic mass is 10.1. The minimum atomic E-state index is 0.458. The van der Waals surface area contributed by atoms with E-state index in [1.54, 1.807) is 7.11 Å². The molecule has 0 radical (unpaired) electrons. The molecule has 0 amide bonds. The summed E-state index contributed by atoms with van der Waals surface area (Å²) in [7, 11) is 1.62. The van der Waals surface area contributed by atoms with E-state index in [0.29, 0.717) is 17.9 Å². The highest BCUT2D eigenvalue weighted by atomic mass is 35.5. The molecule has 14 heavy (non-hydrogen) atoms. The molecule has 0 N–H and O–H groups in total. The Balaban J connectivity index is 3.10. The molecule has 0 atom stereocenters. The van der Waals surface area contributed by atoms with Crippen LogP contribution in [-0.2, 0) is 6.42 Å². The maximum Gasteiger partial charge on any atom is 0.126 e. The standard InChI is InChI=1S/C11H12ClNO/c1-8-5-6-10(12)9(4-3-7-13)11(8)14-2/h5-6H,3-4H2,1-2H3. The van der Waals surface area contributed by atoms with Gasteiger partial charge in [-0.2, -0.15) is 5.26 Å². The van der Waals surface area contributed by atoms with E-state index in [4.69, 9.17) is 21.6 Å². The molecule has 0 unspecified atom stereocenters. The number of hydrogen-bond acceptors (Lipinski definition) is 2. The lowest BCUT2D eigenvalue weighted by molar-refractivity contribution is 0.406. The van der Waals surface area contributed by atoms with E-state index in [-0.39, 0.29) is 0 Å². The number of methoxy groups -OCH3 is 1. The molecule has 1 aromatic carbocycles. The Morgan fingerprint density at radius 1 is 1.50 bits per heavy atom. The van der Waals surface area contributed by atoms with Crippen molar-refractivity contribution >= 4 is 11.6 Å². The SMILES string of the molecule is COc1c(C)ccc(Cl)c1CCC#N. The van der Waals surface area contributed by atoms with E-state index in [1.165, 1.54) is 0 Å². The minimum Gasteiger partial charge on any atom is -0.496 e. The van der Waals surface area contributed by atoms with Gasteiger partial charge in [-0.1, -0.05) is 17.7 Å². The van der Waals surface area contributed by atoms with Crippen LogP contribution < -0.4 is 4.74 Å². The van der Waals surface area contributed by atoms with Gasteiger partial charge in [-0.15, -0.1) is 0 Å². The highest BCUT2D eigenvalue weighted by Gasteiger charge is 2.09. The van der Waals surface area contributed by atoms with Gasteiger partial charge in [0.1, 0.15) is 5.75 Å². The van der Waals surface area contributed by atoms with E-state index >= 15 is 0 Å². The van der Waals surface area contributed by atoms with Crippen LogP contribution in [0.2, 0.25) is 5.02 Å². The summed E-state index contributed by atoms with van der Waals surface area (Å²) in [5.74, 6) is 0.799. The van der Waals surface area contributed by atoms with Gasteiger partial charge in [0.05, 0.1) is 13.2 Å². The molecule has 0 aliphatic heterocycles. The first-order chi connectivity index (χ1) is 6.70. The number of ether oxygens (including phenoxy) is 1. The fraction of sp³-hybridized carbons (Fsp3) is 0.364. The van der Waals surface area contributed by atoms with Crippen molar-refractivity contribution in [1.82, 2.24) is 0 Å². The molecular formula is C11H12ClNO. The van der Waals surface area contributed by atoms with Crippen LogP contribution in [0.1, 0.15) is 17.5 Å². The fourth-order valence-electron chi connectivity index (χ4n) is 1.42. The molecule has 0 aromatic heterocycles.